The summed E-state index contributed by atoms with van der Waals surface area (Å²) >= 11 is 0. The number of ether oxygens (including phenoxy) is 1. The molecule has 0 saturated carbocycles. The molecule has 3 heteroatoms. The van der Waals surface area contributed by atoms with Crippen LogP contribution in [0, 0.1) is 0 Å². The summed E-state index contributed by atoms with van der Waals surface area (Å²) in [5.74, 6) is 1.92. The third-order valence-corrected chi connectivity index (χ3v) is 2.51. The van der Waals surface area contributed by atoms with Gasteiger partial charge in [-0.15, -0.1) is 0 Å². The van der Waals surface area contributed by atoms with E-state index >= 15 is 0 Å². The van der Waals surface area contributed by atoms with Crippen LogP contribution in [-0.2, 0) is 0 Å². The molecule has 0 spiro atoms. The average molecular weight is 218 g/mol. The van der Waals surface area contributed by atoms with E-state index in [-0.39, 0.29) is 0 Å². The average Bonchev–Trinajstić information content (AvgIpc) is 2.74. The first-order valence-electron chi connectivity index (χ1n) is 5.84. The van der Waals surface area contributed by atoms with E-state index in [4.69, 9.17) is 4.74 Å². The van der Waals surface area contributed by atoms with Gasteiger partial charge in [0.2, 0.25) is 0 Å². The molecular weight excluding hydrogens is 200 g/mol. The molecule has 1 aromatic carbocycles. The SMILES string of the molecule is CCCOc1ccc(C2=NCC(C)N2)cc1. The third-order valence-electron chi connectivity index (χ3n) is 2.51. The molecule has 1 N–H and O–H groups in total. The molecule has 0 saturated heterocycles. The van der Waals surface area contributed by atoms with Gasteiger partial charge in [-0.25, -0.2) is 0 Å². The van der Waals surface area contributed by atoms with Gasteiger partial charge in [0.15, 0.2) is 0 Å². The number of hydrogen-bond donors (Lipinski definition) is 1. The Morgan fingerprint density at radius 2 is 2.12 bits per heavy atom. The molecule has 1 aliphatic rings. The predicted molar refractivity (Wildman–Crippen MR) is 66.2 cm³/mol. The minimum atomic E-state index is 0.450. The number of amidine groups is 1. The highest BCUT2D eigenvalue weighted by Crippen LogP contribution is 2.14. The van der Waals surface area contributed by atoms with Crippen molar-refractivity contribution in [3.8, 4) is 5.75 Å². The van der Waals surface area contributed by atoms with Crippen molar-refractivity contribution in [1.29, 1.82) is 0 Å². The van der Waals surface area contributed by atoms with E-state index in [1.165, 1.54) is 0 Å². The maximum Gasteiger partial charge on any atom is 0.128 e. The van der Waals surface area contributed by atoms with E-state index < -0.39 is 0 Å². The third kappa shape index (κ3) is 2.54. The van der Waals surface area contributed by atoms with Crippen LogP contribution in [0.15, 0.2) is 29.3 Å². The van der Waals surface area contributed by atoms with Gasteiger partial charge in [0.05, 0.1) is 13.2 Å². The van der Waals surface area contributed by atoms with Gasteiger partial charge in [0.25, 0.3) is 0 Å². The van der Waals surface area contributed by atoms with E-state index in [1.54, 1.807) is 0 Å². The van der Waals surface area contributed by atoms with Gasteiger partial charge in [0, 0.05) is 11.6 Å². The molecule has 3 nitrogen and oxygen atoms in total. The van der Waals surface area contributed by atoms with Gasteiger partial charge in [-0.3, -0.25) is 4.99 Å². The smallest absolute Gasteiger partial charge is 0.128 e. The Morgan fingerprint density at radius 3 is 2.69 bits per heavy atom. The molecule has 86 valence electrons. The molecule has 1 atom stereocenters. The summed E-state index contributed by atoms with van der Waals surface area (Å²) in [7, 11) is 0. The summed E-state index contributed by atoms with van der Waals surface area (Å²) in [4.78, 5) is 4.44. The zero-order valence-electron chi connectivity index (χ0n) is 9.86. The minimum Gasteiger partial charge on any atom is -0.494 e. The summed E-state index contributed by atoms with van der Waals surface area (Å²) in [6.07, 6.45) is 1.04. The van der Waals surface area contributed by atoms with Crippen molar-refractivity contribution in [1.82, 2.24) is 5.32 Å². The molecule has 1 aromatic rings. The van der Waals surface area contributed by atoms with E-state index in [0.29, 0.717) is 6.04 Å². The van der Waals surface area contributed by atoms with Crippen LogP contribution in [0.3, 0.4) is 0 Å². The second-order valence-corrected chi connectivity index (χ2v) is 4.11. The maximum absolute atomic E-state index is 5.53. The number of hydrogen-bond acceptors (Lipinski definition) is 3. The lowest BCUT2D eigenvalue weighted by Gasteiger charge is -2.08. The van der Waals surface area contributed by atoms with Crippen LogP contribution in [0.2, 0.25) is 0 Å². The van der Waals surface area contributed by atoms with Gasteiger partial charge >= 0.3 is 0 Å². The molecule has 0 aliphatic carbocycles. The molecule has 0 amide bonds. The number of aliphatic imine (C=N–C) groups is 1. The summed E-state index contributed by atoms with van der Waals surface area (Å²) in [5, 5.41) is 3.34. The second kappa shape index (κ2) is 5.01. The Kier molecular flexibility index (Phi) is 3.44. The number of benzene rings is 1. The van der Waals surface area contributed by atoms with Crippen molar-refractivity contribution in [2.45, 2.75) is 26.3 Å². The quantitative estimate of drug-likeness (QED) is 0.840. The summed E-state index contributed by atoms with van der Waals surface area (Å²) in [5.41, 5.74) is 1.13. The first-order valence-corrected chi connectivity index (χ1v) is 5.84. The van der Waals surface area contributed by atoms with Crippen molar-refractivity contribution >= 4 is 5.84 Å². The van der Waals surface area contributed by atoms with Gasteiger partial charge in [0.1, 0.15) is 11.6 Å². The lowest BCUT2D eigenvalue weighted by molar-refractivity contribution is 0.317. The maximum atomic E-state index is 5.53. The monoisotopic (exact) mass is 218 g/mol. The standard InChI is InChI=1S/C13H18N2O/c1-3-8-16-12-6-4-11(5-7-12)13-14-9-10(2)15-13/h4-7,10H,3,8-9H2,1-2H3,(H,14,15). The van der Waals surface area contributed by atoms with Crippen LogP contribution in [0.1, 0.15) is 25.8 Å². The molecule has 1 aliphatic heterocycles. The molecule has 0 fully saturated rings. The Bertz CT molecular complexity index is 370. The Balaban J connectivity index is 2.02. The molecule has 0 radical (unpaired) electrons. The van der Waals surface area contributed by atoms with Gasteiger partial charge < -0.3 is 10.1 Å². The van der Waals surface area contributed by atoms with Gasteiger partial charge in [-0.2, -0.15) is 0 Å². The van der Waals surface area contributed by atoms with E-state index in [1.807, 2.05) is 12.1 Å². The first-order chi connectivity index (χ1) is 7.79. The zero-order valence-corrected chi connectivity index (χ0v) is 9.86. The fourth-order valence-electron chi connectivity index (χ4n) is 1.66. The molecule has 0 aromatic heterocycles. The predicted octanol–water partition coefficient (Wildman–Crippen LogP) is 2.21. The Morgan fingerprint density at radius 1 is 1.38 bits per heavy atom. The van der Waals surface area contributed by atoms with Crippen LogP contribution in [0.25, 0.3) is 0 Å². The van der Waals surface area contributed by atoms with Crippen LogP contribution < -0.4 is 10.1 Å². The van der Waals surface area contributed by atoms with Crippen molar-refractivity contribution in [2.24, 2.45) is 4.99 Å². The largest absolute Gasteiger partial charge is 0.494 e. The summed E-state index contributed by atoms with van der Waals surface area (Å²) < 4.78 is 5.53. The summed E-state index contributed by atoms with van der Waals surface area (Å²) in [6, 6.07) is 8.55. The van der Waals surface area contributed by atoms with Crippen molar-refractivity contribution in [3.05, 3.63) is 29.8 Å². The highest BCUT2D eigenvalue weighted by atomic mass is 16.5. The van der Waals surface area contributed by atoms with Crippen LogP contribution in [0.4, 0.5) is 0 Å². The second-order valence-electron chi connectivity index (χ2n) is 4.11. The fourth-order valence-corrected chi connectivity index (χ4v) is 1.66. The normalized spacial score (nSPS) is 19.1. The van der Waals surface area contributed by atoms with Gasteiger partial charge in [-0.1, -0.05) is 6.92 Å². The minimum absolute atomic E-state index is 0.450. The van der Waals surface area contributed by atoms with E-state index in [9.17, 15) is 0 Å². The molecule has 0 bridgehead atoms. The Hall–Kier alpha value is -1.51. The number of rotatable bonds is 4. The molecule has 1 unspecified atom stereocenters. The topological polar surface area (TPSA) is 33.6 Å². The van der Waals surface area contributed by atoms with Crippen LogP contribution in [-0.4, -0.2) is 25.0 Å². The van der Waals surface area contributed by atoms with Crippen molar-refractivity contribution in [3.63, 3.8) is 0 Å². The highest BCUT2D eigenvalue weighted by molar-refractivity contribution is 6.00. The first kappa shape index (κ1) is 11.0. The highest BCUT2D eigenvalue weighted by Gasteiger charge is 2.13. The number of nitrogens with zero attached hydrogens (tertiary/aromatic N) is 1. The van der Waals surface area contributed by atoms with Crippen LogP contribution >= 0.6 is 0 Å². The molecule has 16 heavy (non-hydrogen) atoms. The lowest BCUT2D eigenvalue weighted by Crippen LogP contribution is -2.27. The van der Waals surface area contributed by atoms with Crippen molar-refractivity contribution < 1.29 is 4.74 Å². The summed E-state index contributed by atoms with van der Waals surface area (Å²) in [6.45, 7) is 5.88. The molecular formula is C13H18N2O. The lowest BCUT2D eigenvalue weighted by atomic mass is 10.2. The van der Waals surface area contributed by atoms with E-state index in [0.717, 1.165) is 36.7 Å². The Labute approximate surface area is 96.5 Å². The van der Waals surface area contributed by atoms with Gasteiger partial charge in [-0.05, 0) is 37.6 Å². The van der Waals surface area contributed by atoms with Crippen LogP contribution in [0.5, 0.6) is 5.75 Å². The molecule has 1 heterocycles. The van der Waals surface area contributed by atoms with E-state index in [2.05, 4.69) is 36.3 Å². The number of nitrogens with one attached hydrogen (secondary N) is 1. The fraction of sp³-hybridized carbons (Fsp3) is 0.462. The van der Waals surface area contributed by atoms with Crippen molar-refractivity contribution in [2.75, 3.05) is 13.2 Å². The molecule has 2 rings (SSSR count). The zero-order chi connectivity index (χ0) is 11.4.